The molecule has 0 N–H and O–H groups in total. The molecule has 0 saturated heterocycles. The second-order valence-electron chi connectivity index (χ2n) is 3.64. The van der Waals surface area contributed by atoms with Crippen molar-refractivity contribution in [3.05, 3.63) is 0 Å². The second-order valence-corrected chi connectivity index (χ2v) is 4.20. The summed E-state index contributed by atoms with van der Waals surface area (Å²) in [6, 6.07) is 0. The molecule has 0 amide bonds. The van der Waals surface area contributed by atoms with Crippen molar-refractivity contribution in [3.8, 4) is 0 Å². The van der Waals surface area contributed by atoms with Crippen LogP contribution >= 0.6 is 15.9 Å². The van der Waals surface area contributed by atoms with Gasteiger partial charge in [-0.15, -0.1) is 0 Å². The van der Waals surface area contributed by atoms with E-state index in [9.17, 15) is 0 Å². The molecule has 0 fully saturated rings. The van der Waals surface area contributed by atoms with E-state index in [-0.39, 0.29) is 0 Å². The lowest BCUT2D eigenvalue weighted by molar-refractivity contribution is 0.234. The first-order valence-electron chi connectivity index (χ1n) is 4.14. The highest BCUT2D eigenvalue weighted by molar-refractivity contribution is 9.09. The van der Waals surface area contributed by atoms with Crippen LogP contribution in [0.25, 0.3) is 0 Å². The first-order valence-corrected chi connectivity index (χ1v) is 5.26. The summed E-state index contributed by atoms with van der Waals surface area (Å²) < 4.78 is 0. The molecule has 0 radical (unpaired) electrons. The van der Waals surface area contributed by atoms with Gasteiger partial charge < -0.3 is 0 Å². The van der Waals surface area contributed by atoms with Gasteiger partial charge in [-0.25, -0.2) is 0 Å². The highest BCUT2D eigenvalue weighted by Gasteiger charge is 2.24. The van der Waals surface area contributed by atoms with E-state index in [1.807, 2.05) is 0 Å². The van der Waals surface area contributed by atoms with Crippen LogP contribution in [0.3, 0.4) is 0 Å². The zero-order chi connectivity index (χ0) is 8.20. The fourth-order valence-corrected chi connectivity index (χ4v) is 1.96. The predicted molar refractivity (Wildman–Crippen MR) is 51.6 cm³/mol. The zero-order valence-electron chi connectivity index (χ0n) is 7.58. The SMILES string of the molecule is CCC(CC)C(C)(C)CBr. The lowest BCUT2D eigenvalue weighted by Crippen LogP contribution is -2.24. The van der Waals surface area contributed by atoms with Gasteiger partial charge in [-0.2, -0.15) is 0 Å². The van der Waals surface area contributed by atoms with Crippen LogP contribution in [0.15, 0.2) is 0 Å². The summed E-state index contributed by atoms with van der Waals surface area (Å²) in [5.74, 6) is 0.867. The molecule has 0 aromatic heterocycles. The lowest BCUT2D eigenvalue weighted by atomic mass is 9.78. The molecular formula is C9H19Br. The highest BCUT2D eigenvalue weighted by Crippen LogP contribution is 2.33. The van der Waals surface area contributed by atoms with Gasteiger partial charge in [0.05, 0.1) is 0 Å². The van der Waals surface area contributed by atoms with Gasteiger partial charge in [-0.3, -0.25) is 0 Å². The maximum absolute atomic E-state index is 3.55. The van der Waals surface area contributed by atoms with Crippen LogP contribution < -0.4 is 0 Å². The summed E-state index contributed by atoms with van der Waals surface area (Å²) in [6.45, 7) is 9.22. The predicted octanol–water partition coefficient (Wildman–Crippen LogP) is 3.84. The number of hydrogen-bond acceptors (Lipinski definition) is 0. The van der Waals surface area contributed by atoms with Gasteiger partial charge in [0.1, 0.15) is 0 Å². The molecule has 0 rings (SSSR count). The van der Waals surface area contributed by atoms with Crippen molar-refractivity contribution in [1.29, 1.82) is 0 Å². The summed E-state index contributed by atoms with van der Waals surface area (Å²) in [4.78, 5) is 0. The molecule has 0 heterocycles. The molecule has 0 aliphatic carbocycles. The van der Waals surface area contributed by atoms with Crippen molar-refractivity contribution < 1.29 is 0 Å². The number of rotatable bonds is 4. The van der Waals surface area contributed by atoms with Gasteiger partial charge in [0.25, 0.3) is 0 Å². The van der Waals surface area contributed by atoms with Gasteiger partial charge in [-0.05, 0) is 11.3 Å². The minimum absolute atomic E-state index is 0.476. The van der Waals surface area contributed by atoms with Crippen LogP contribution in [-0.4, -0.2) is 5.33 Å². The van der Waals surface area contributed by atoms with E-state index in [0.29, 0.717) is 5.41 Å². The molecule has 0 bridgehead atoms. The molecule has 0 aliphatic heterocycles. The fraction of sp³-hybridized carbons (Fsp3) is 1.00. The molecule has 0 aromatic rings. The Bertz CT molecular complexity index is 82.7. The number of halogens is 1. The van der Waals surface area contributed by atoms with Crippen molar-refractivity contribution in [2.45, 2.75) is 40.5 Å². The van der Waals surface area contributed by atoms with Gasteiger partial charge in [0.15, 0.2) is 0 Å². The summed E-state index contributed by atoms with van der Waals surface area (Å²) in [5.41, 5.74) is 0.476. The maximum atomic E-state index is 3.55. The third-order valence-electron chi connectivity index (χ3n) is 2.44. The van der Waals surface area contributed by atoms with Gasteiger partial charge in [0, 0.05) is 5.33 Å². The lowest BCUT2D eigenvalue weighted by Gasteiger charge is -2.31. The van der Waals surface area contributed by atoms with Gasteiger partial charge >= 0.3 is 0 Å². The molecule has 0 aromatic carbocycles. The van der Waals surface area contributed by atoms with Crippen LogP contribution in [0, 0.1) is 11.3 Å². The normalized spacial score (nSPS) is 12.6. The summed E-state index contributed by atoms with van der Waals surface area (Å²) in [7, 11) is 0. The Kier molecular flexibility index (Phi) is 4.59. The molecule has 0 saturated carbocycles. The quantitative estimate of drug-likeness (QED) is 0.614. The van der Waals surface area contributed by atoms with E-state index in [4.69, 9.17) is 0 Å². The molecule has 62 valence electrons. The molecule has 0 nitrogen and oxygen atoms in total. The third kappa shape index (κ3) is 2.61. The maximum Gasteiger partial charge on any atom is 0.00853 e. The Hall–Kier alpha value is 0.480. The van der Waals surface area contributed by atoms with E-state index < -0.39 is 0 Å². The first kappa shape index (κ1) is 10.5. The highest BCUT2D eigenvalue weighted by atomic mass is 79.9. The van der Waals surface area contributed by atoms with Crippen molar-refractivity contribution >= 4 is 15.9 Å². The summed E-state index contributed by atoms with van der Waals surface area (Å²) >= 11 is 3.55. The minimum atomic E-state index is 0.476. The van der Waals surface area contributed by atoms with Crippen molar-refractivity contribution in [3.63, 3.8) is 0 Å². The molecule has 0 aliphatic rings. The molecule has 0 spiro atoms. The third-order valence-corrected chi connectivity index (χ3v) is 3.88. The van der Waals surface area contributed by atoms with E-state index in [0.717, 1.165) is 11.2 Å². The molecular weight excluding hydrogens is 188 g/mol. The Morgan fingerprint density at radius 1 is 1.20 bits per heavy atom. The zero-order valence-corrected chi connectivity index (χ0v) is 9.16. The largest absolute Gasteiger partial charge is 0.0922 e. The van der Waals surface area contributed by atoms with Gasteiger partial charge in [-0.1, -0.05) is 56.5 Å². The summed E-state index contributed by atoms with van der Waals surface area (Å²) in [6.07, 6.45) is 2.60. The second kappa shape index (κ2) is 4.38. The monoisotopic (exact) mass is 206 g/mol. The number of alkyl halides is 1. The molecule has 0 atom stereocenters. The Labute approximate surface area is 73.5 Å². The average Bonchev–Trinajstić information content (AvgIpc) is 1.90. The first-order chi connectivity index (χ1) is 4.58. The van der Waals surface area contributed by atoms with E-state index in [1.54, 1.807) is 0 Å². The van der Waals surface area contributed by atoms with Crippen LogP contribution in [-0.2, 0) is 0 Å². The van der Waals surface area contributed by atoms with Crippen molar-refractivity contribution in [2.75, 3.05) is 5.33 Å². The Balaban J connectivity index is 3.97. The number of hydrogen-bond donors (Lipinski definition) is 0. The Morgan fingerprint density at radius 3 is 1.70 bits per heavy atom. The minimum Gasteiger partial charge on any atom is -0.0922 e. The molecule has 0 unspecified atom stereocenters. The fourth-order valence-electron chi connectivity index (χ4n) is 1.50. The molecule has 1 heteroatoms. The van der Waals surface area contributed by atoms with E-state index in [1.165, 1.54) is 12.8 Å². The van der Waals surface area contributed by atoms with Crippen LogP contribution in [0.5, 0.6) is 0 Å². The van der Waals surface area contributed by atoms with E-state index >= 15 is 0 Å². The Morgan fingerprint density at radius 2 is 1.60 bits per heavy atom. The van der Waals surface area contributed by atoms with Crippen molar-refractivity contribution in [2.24, 2.45) is 11.3 Å². The standard InChI is InChI=1S/C9H19Br/c1-5-8(6-2)9(3,4)7-10/h8H,5-7H2,1-4H3. The van der Waals surface area contributed by atoms with Crippen LogP contribution in [0.4, 0.5) is 0 Å². The smallest absolute Gasteiger partial charge is 0.00853 e. The van der Waals surface area contributed by atoms with Crippen molar-refractivity contribution in [1.82, 2.24) is 0 Å². The summed E-state index contributed by atoms with van der Waals surface area (Å²) in [5, 5.41) is 1.12. The topological polar surface area (TPSA) is 0 Å². The molecule has 10 heavy (non-hydrogen) atoms. The van der Waals surface area contributed by atoms with Crippen LogP contribution in [0.2, 0.25) is 0 Å². The van der Waals surface area contributed by atoms with Crippen LogP contribution in [0.1, 0.15) is 40.5 Å². The van der Waals surface area contributed by atoms with Gasteiger partial charge in [0.2, 0.25) is 0 Å². The van der Waals surface area contributed by atoms with E-state index in [2.05, 4.69) is 43.6 Å². The average molecular weight is 207 g/mol.